The van der Waals surface area contributed by atoms with Crippen molar-refractivity contribution in [1.82, 2.24) is 20.0 Å². The molecule has 20 heavy (non-hydrogen) atoms. The Balaban J connectivity index is 2.26. The maximum absolute atomic E-state index is 11.7. The molecule has 108 valence electrons. The molecule has 0 saturated heterocycles. The van der Waals surface area contributed by atoms with E-state index < -0.39 is 5.97 Å². The van der Waals surface area contributed by atoms with E-state index in [2.05, 4.69) is 15.3 Å². The Bertz CT molecular complexity index is 597. The molecule has 0 spiro atoms. The quantitative estimate of drug-likeness (QED) is 0.796. The number of carbonyl (C=O) groups excluding carboxylic acids is 1. The predicted octanol–water partition coefficient (Wildman–Crippen LogP) is 0.567. The van der Waals surface area contributed by atoms with Crippen LogP contribution in [0.15, 0.2) is 4.42 Å². The molecule has 8 heteroatoms. The summed E-state index contributed by atoms with van der Waals surface area (Å²) in [5.74, 6) is 0.717. The Morgan fingerprint density at radius 2 is 2.20 bits per heavy atom. The van der Waals surface area contributed by atoms with E-state index in [0.29, 0.717) is 11.6 Å². The molecule has 2 aromatic rings. The second kappa shape index (κ2) is 5.83. The molecule has 0 aliphatic carbocycles. The summed E-state index contributed by atoms with van der Waals surface area (Å²) in [4.78, 5) is 16.0. The summed E-state index contributed by atoms with van der Waals surface area (Å²) in [7, 11) is 0. The zero-order chi connectivity index (χ0) is 14.7. The summed E-state index contributed by atoms with van der Waals surface area (Å²) in [5, 5.41) is 7.73. The summed E-state index contributed by atoms with van der Waals surface area (Å²) in [6.07, 6.45) is 0. The van der Waals surface area contributed by atoms with Crippen LogP contribution in [0.25, 0.3) is 0 Å². The van der Waals surface area contributed by atoms with Crippen molar-refractivity contribution in [3.63, 3.8) is 0 Å². The molecule has 0 atom stereocenters. The van der Waals surface area contributed by atoms with Gasteiger partial charge in [0.1, 0.15) is 12.3 Å². The lowest BCUT2D eigenvalue weighted by molar-refractivity contribution is 0.0518. The highest BCUT2D eigenvalue weighted by Crippen LogP contribution is 2.12. The van der Waals surface area contributed by atoms with Crippen LogP contribution < -0.4 is 5.73 Å². The Morgan fingerprint density at radius 3 is 2.75 bits per heavy atom. The Kier molecular flexibility index (Phi) is 4.14. The van der Waals surface area contributed by atoms with Gasteiger partial charge >= 0.3 is 5.97 Å². The van der Waals surface area contributed by atoms with Gasteiger partial charge < -0.3 is 14.9 Å². The molecule has 0 unspecified atom stereocenters. The zero-order valence-corrected chi connectivity index (χ0v) is 11.7. The normalized spacial score (nSPS) is 10.8. The maximum Gasteiger partial charge on any atom is 0.360 e. The van der Waals surface area contributed by atoms with Gasteiger partial charge in [-0.1, -0.05) is 5.21 Å². The number of ether oxygens (including phenoxy) is 1. The van der Waals surface area contributed by atoms with Crippen LogP contribution in [0.5, 0.6) is 0 Å². The van der Waals surface area contributed by atoms with E-state index in [4.69, 9.17) is 14.9 Å². The van der Waals surface area contributed by atoms with Crippen LogP contribution in [0.3, 0.4) is 0 Å². The molecule has 0 saturated carbocycles. The van der Waals surface area contributed by atoms with Gasteiger partial charge in [-0.2, -0.15) is 0 Å². The summed E-state index contributed by atoms with van der Waals surface area (Å²) >= 11 is 0. The molecule has 0 bridgehead atoms. The minimum Gasteiger partial charge on any atom is -0.461 e. The van der Waals surface area contributed by atoms with Gasteiger partial charge in [0.2, 0.25) is 5.89 Å². The number of carbonyl (C=O) groups is 1. The number of nitrogens with two attached hydrogens (primary N) is 1. The molecule has 0 aliphatic rings. The van der Waals surface area contributed by atoms with E-state index in [0.717, 1.165) is 11.5 Å². The minimum absolute atomic E-state index is 0.125. The highest BCUT2D eigenvalue weighted by molar-refractivity contribution is 5.88. The van der Waals surface area contributed by atoms with Gasteiger partial charge in [0.25, 0.3) is 0 Å². The summed E-state index contributed by atoms with van der Waals surface area (Å²) in [5.41, 5.74) is 7.11. The molecule has 2 rings (SSSR count). The number of hydrogen-bond acceptors (Lipinski definition) is 7. The van der Waals surface area contributed by atoms with E-state index in [9.17, 15) is 4.79 Å². The first-order valence-electron chi connectivity index (χ1n) is 6.29. The fourth-order valence-corrected chi connectivity index (χ4v) is 1.75. The molecule has 0 radical (unpaired) electrons. The van der Waals surface area contributed by atoms with Crippen molar-refractivity contribution >= 4 is 5.97 Å². The number of esters is 1. The highest BCUT2D eigenvalue weighted by Gasteiger charge is 2.20. The first-order valence-corrected chi connectivity index (χ1v) is 6.29. The summed E-state index contributed by atoms with van der Waals surface area (Å²) in [6, 6.07) is 0. The van der Waals surface area contributed by atoms with Crippen molar-refractivity contribution in [1.29, 1.82) is 0 Å². The smallest absolute Gasteiger partial charge is 0.360 e. The van der Waals surface area contributed by atoms with Gasteiger partial charge in [-0.05, 0) is 20.8 Å². The second-order valence-corrected chi connectivity index (χ2v) is 4.22. The zero-order valence-electron chi connectivity index (χ0n) is 11.7. The van der Waals surface area contributed by atoms with E-state index in [1.807, 2.05) is 13.8 Å². The van der Waals surface area contributed by atoms with Gasteiger partial charge in [-0.25, -0.2) is 14.5 Å². The minimum atomic E-state index is -0.529. The van der Waals surface area contributed by atoms with Gasteiger partial charge in [-0.3, -0.25) is 0 Å². The molecule has 0 aliphatic heterocycles. The topological polar surface area (TPSA) is 109 Å². The van der Waals surface area contributed by atoms with E-state index in [1.165, 1.54) is 4.68 Å². The predicted molar refractivity (Wildman–Crippen MR) is 68.9 cm³/mol. The number of aryl methyl sites for hydroxylation is 2. The van der Waals surface area contributed by atoms with Gasteiger partial charge in [-0.15, -0.1) is 5.10 Å². The fourth-order valence-electron chi connectivity index (χ4n) is 1.75. The van der Waals surface area contributed by atoms with Crippen LogP contribution in [0.1, 0.15) is 40.5 Å². The molecule has 0 fully saturated rings. The van der Waals surface area contributed by atoms with Crippen LogP contribution in [-0.4, -0.2) is 32.6 Å². The van der Waals surface area contributed by atoms with Crippen molar-refractivity contribution in [3.05, 3.63) is 28.7 Å². The second-order valence-electron chi connectivity index (χ2n) is 4.22. The van der Waals surface area contributed by atoms with Crippen LogP contribution in [0.2, 0.25) is 0 Å². The molecule has 2 N–H and O–H groups in total. The van der Waals surface area contributed by atoms with Crippen LogP contribution in [0, 0.1) is 13.8 Å². The van der Waals surface area contributed by atoms with Gasteiger partial charge in [0, 0.05) is 6.54 Å². The van der Waals surface area contributed by atoms with Gasteiger partial charge in [0.05, 0.1) is 18.0 Å². The standard InChI is InChI=1S/C12H17N5O3/c1-4-19-12(18)11-9(5-13)17(16-15-11)6-10-14-7(2)8(3)20-10/h4-6,13H2,1-3H3. The summed E-state index contributed by atoms with van der Waals surface area (Å²) in [6.45, 7) is 6.09. The maximum atomic E-state index is 11.7. The average Bonchev–Trinajstić information content (AvgIpc) is 2.94. The molecular weight excluding hydrogens is 262 g/mol. The Labute approximate surface area is 115 Å². The lowest BCUT2D eigenvalue weighted by Gasteiger charge is -2.03. The third-order valence-electron chi connectivity index (χ3n) is 2.86. The van der Waals surface area contributed by atoms with Crippen molar-refractivity contribution in [2.45, 2.75) is 33.9 Å². The van der Waals surface area contributed by atoms with Crippen LogP contribution >= 0.6 is 0 Å². The SMILES string of the molecule is CCOC(=O)c1nnn(Cc2nc(C)c(C)o2)c1CN. The van der Waals surface area contributed by atoms with E-state index in [1.54, 1.807) is 6.92 Å². The fraction of sp³-hybridized carbons (Fsp3) is 0.500. The van der Waals surface area contributed by atoms with Crippen molar-refractivity contribution in [2.75, 3.05) is 6.61 Å². The monoisotopic (exact) mass is 279 g/mol. The van der Waals surface area contributed by atoms with Crippen molar-refractivity contribution in [3.8, 4) is 0 Å². The molecular formula is C12H17N5O3. The Hall–Kier alpha value is -2.22. The van der Waals surface area contributed by atoms with Crippen molar-refractivity contribution in [2.24, 2.45) is 5.73 Å². The van der Waals surface area contributed by atoms with Crippen molar-refractivity contribution < 1.29 is 13.9 Å². The highest BCUT2D eigenvalue weighted by atomic mass is 16.5. The number of rotatable bonds is 5. The molecule has 0 amide bonds. The third-order valence-corrected chi connectivity index (χ3v) is 2.86. The summed E-state index contributed by atoms with van der Waals surface area (Å²) < 4.78 is 11.9. The average molecular weight is 279 g/mol. The first kappa shape index (κ1) is 14.2. The molecule has 2 heterocycles. The van der Waals surface area contributed by atoms with E-state index >= 15 is 0 Å². The molecule has 2 aromatic heterocycles. The third kappa shape index (κ3) is 2.69. The molecule has 8 nitrogen and oxygen atoms in total. The number of aromatic nitrogens is 4. The Morgan fingerprint density at radius 1 is 1.45 bits per heavy atom. The van der Waals surface area contributed by atoms with Crippen LogP contribution in [-0.2, 0) is 17.8 Å². The van der Waals surface area contributed by atoms with Crippen LogP contribution in [0.4, 0.5) is 0 Å². The molecule has 0 aromatic carbocycles. The number of hydrogen-bond donors (Lipinski definition) is 1. The first-order chi connectivity index (χ1) is 9.56. The number of oxazole rings is 1. The number of nitrogens with zero attached hydrogens (tertiary/aromatic N) is 4. The lowest BCUT2D eigenvalue weighted by Crippen LogP contribution is -2.15. The largest absolute Gasteiger partial charge is 0.461 e. The van der Waals surface area contributed by atoms with E-state index in [-0.39, 0.29) is 25.4 Å². The van der Waals surface area contributed by atoms with Gasteiger partial charge in [0.15, 0.2) is 5.69 Å². The lowest BCUT2D eigenvalue weighted by atomic mass is 10.3.